The zero-order chi connectivity index (χ0) is 16.5. The molecule has 0 fully saturated rings. The Labute approximate surface area is 129 Å². The second-order valence-corrected chi connectivity index (χ2v) is 6.29. The molecule has 0 spiro atoms. The Morgan fingerprint density at radius 1 is 0.762 bits per heavy atom. The van der Waals surface area contributed by atoms with E-state index in [1.165, 1.54) is 0 Å². The molecular formula is C16H34O5. The predicted octanol–water partition coefficient (Wildman–Crippen LogP) is 2.14. The van der Waals surface area contributed by atoms with Gasteiger partial charge < -0.3 is 24.4 Å². The van der Waals surface area contributed by atoms with Crippen LogP contribution in [-0.4, -0.2) is 60.1 Å². The van der Waals surface area contributed by atoms with Crippen molar-refractivity contribution in [3.05, 3.63) is 0 Å². The van der Waals surface area contributed by atoms with E-state index in [9.17, 15) is 0 Å². The van der Waals surface area contributed by atoms with Gasteiger partial charge in [0.05, 0.1) is 49.8 Å². The predicted molar refractivity (Wildman–Crippen MR) is 83.5 cm³/mol. The number of aliphatic hydroxyl groups is 2. The Morgan fingerprint density at radius 3 is 1.33 bits per heavy atom. The summed E-state index contributed by atoms with van der Waals surface area (Å²) in [4.78, 5) is 0. The molecule has 128 valence electrons. The molecule has 2 unspecified atom stereocenters. The molecule has 0 radical (unpaired) electrons. The third kappa shape index (κ3) is 7.06. The van der Waals surface area contributed by atoms with Crippen LogP contribution in [0.25, 0.3) is 0 Å². The van der Waals surface area contributed by atoms with Crippen LogP contribution in [0.3, 0.4) is 0 Å². The van der Waals surface area contributed by atoms with Gasteiger partial charge in [0.25, 0.3) is 0 Å². The lowest BCUT2D eigenvalue weighted by molar-refractivity contribution is -0.224. The van der Waals surface area contributed by atoms with E-state index in [2.05, 4.69) is 0 Å². The van der Waals surface area contributed by atoms with Gasteiger partial charge >= 0.3 is 0 Å². The molecule has 5 heteroatoms. The molecule has 0 aliphatic heterocycles. The van der Waals surface area contributed by atoms with Gasteiger partial charge in [-0.25, -0.2) is 0 Å². The first kappa shape index (κ1) is 20.8. The largest absolute Gasteiger partial charge is 0.394 e. The molecule has 0 saturated carbocycles. The van der Waals surface area contributed by atoms with E-state index in [4.69, 9.17) is 24.4 Å². The van der Waals surface area contributed by atoms with Gasteiger partial charge in [-0.1, -0.05) is 13.8 Å². The summed E-state index contributed by atoms with van der Waals surface area (Å²) < 4.78 is 17.7. The highest BCUT2D eigenvalue weighted by Crippen LogP contribution is 2.31. The SMILES string of the molecule is CCC(OCCO)C(C)(C)OC(C)(C)C(CC)OCCO. The summed E-state index contributed by atoms with van der Waals surface area (Å²) in [5, 5.41) is 17.8. The summed E-state index contributed by atoms with van der Waals surface area (Å²) in [6.45, 7) is 12.7. The molecule has 21 heavy (non-hydrogen) atoms. The summed E-state index contributed by atoms with van der Waals surface area (Å²) in [6, 6.07) is 0. The van der Waals surface area contributed by atoms with Gasteiger partial charge in [0, 0.05) is 0 Å². The minimum Gasteiger partial charge on any atom is -0.394 e. The van der Waals surface area contributed by atoms with Gasteiger partial charge in [-0.2, -0.15) is 0 Å². The van der Waals surface area contributed by atoms with Crippen molar-refractivity contribution in [1.82, 2.24) is 0 Å². The fourth-order valence-electron chi connectivity index (χ4n) is 2.82. The molecule has 0 aromatic carbocycles. The maximum absolute atomic E-state index is 8.92. The first-order valence-corrected chi connectivity index (χ1v) is 7.90. The number of ether oxygens (including phenoxy) is 3. The van der Waals surface area contributed by atoms with E-state index < -0.39 is 11.2 Å². The van der Waals surface area contributed by atoms with Crippen molar-refractivity contribution in [2.75, 3.05) is 26.4 Å². The van der Waals surface area contributed by atoms with E-state index in [-0.39, 0.29) is 25.4 Å². The Balaban J connectivity index is 4.83. The summed E-state index contributed by atoms with van der Waals surface area (Å²) in [6.07, 6.45) is 1.41. The number of aliphatic hydroxyl groups excluding tert-OH is 2. The lowest BCUT2D eigenvalue weighted by Crippen LogP contribution is -2.52. The summed E-state index contributed by atoms with van der Waals surface area (Å²) in [5.74, 6) is 0. The Kier molecular flexibility index (Phi) is 9.65. The lowest BCUT2D eigenvalue weighted by Gasteiger charge is -2.43. The van der Waals surface area contributed by atoms with Crippen LogP contribution in [0.2, 0.25) is 0 Å². The third-order valence-electron chi connectivity index (χ3n) is 3.64. The molecule has 2 atom stereocenters. The smallest absolute Gasteiger partial charge is 0.0895 e. The minimum atomic E-state index is -0.497. The first-order valence-electron chi connectivity index (χ1n) is 7.90. The van der Waals surface area contributed by atoms with Gasteiger partial charge in [0.1, 0.15) is 0 Å². The van der Waals surface area contributed by atoms with Crippen molar-refractivity contribution < 1.29 is 24.4 Å². The Bertz CT molecular complexity index is 239. The molecule has 5 nitrogen and oxygen atoms in total. The highest BCUT2D eigenvalue weighted by molar-refractivity contribution is 4.88. The van der Waals surface area contributed by atoms with Gasteiger partial charge in [-0.05, 0) is 40.5 Å². The molecule has 0 bridgehead atoms. The normalized spacial score (nSPS) is 16.0. The maximum atomic E-state index is 8.92. The average Bonchev–Trinajstić information content (AvgIpc) is 2.38. The van der Waals surface area contributed by atoms with Crippen LogP contribution in [-0.2, 0) is 14.2 Å². The summed E-state index contributed by atoms with van der Waals surface area (Å²) in [7, 11) is 0. The zero-order valence-electron chi connectivity index (χ0n) is 14.5. The van der Waals surface area contributed by atoms with Crippen LogP contribution in [0.1, 0.15) is 54.4 Å². The molecule has 0 heterocycles. The van der Waals surface area contributed by atoms with Crippen LogP contribution in [0, 0.1) is 0 Å². The van der Waals surface area contributed by atoms with Gasteiger partial charge in [-0.15, -0.1) is 0 Å². The van der Waals surface area contributed by atoms with Crippen LogP contribution < -0.4 is 0 Å². The van der Waals surface area contributed by atoms with E-state index >= 15 is 0 Å². The standard InChI is InChI=1S/C16H34O5/c1-7-13(19-11-9-17)15(3,4)21-16(5,6)14(8-2)20-12-10-18/h13-14,17-18H,7-12H2,1-6H3. The molecule has 0 aliphatic rings. The van der Waals surface area contributed by atoms with Crippen molar-refractivity contribution in [1.29, 1.82) is 0 Å². The summed E-state index contributed by atoms with van der Waals surface area (Å²) in [5.41, 5.74) is -0.993. The van der Waals surface area contributed by atoms with E-state index in [1.807, 2.05) is 41.5 Å². The Hall–Kier alpha value is -0.200. The minimum absolute atomic E-state index is 0.00711. The highest BCUT2D eigenvalue weighted by atomic mass is 16.6. The highest BCUT2D eigenvalue weighted by Gasteiger charge is 2.40. The fraction of sp³-hybridized carbons (Fsp3) is 1.00. The van der Waals surface area contributed by atoms with E-state index in [0.717, 1.165) is 12.8 Å². The van der Waals surface area contributed by atoms with Gasteiger partial charge in [0.15, 0.2) is 0 Å². The number of hydrogen-bond acceptors (Lipinski definition) is 5. The molecule has 0 aromatic heterocycles. The molecule has 0 aliphatic carbocycles. The zero-order valence-corrected chi connectivity index (χ0v) is 14.5. The van der Waals surface area contributed by atoms with Crippen molar-refractivity contribution in [2.24, 2.45) is 0 Å². The van der Waals surface area contributed by atoms with Gasteiger partial charge in [-0.3, -0.25) is 0 Å². The third-order valence-corrected chi connectivity index (χ3v) is 3.64. The molecule has 0 aromatic rings. The lowest BCUT2D eigenvalue weighted by atomic mass is 9.93. The van der Waals surface area contributed by atoms with Crippen molar-refractivity contribution in [3.63, 3.8) is 0 Å². The van der Waals surface area contributed by atoms with Crippen molar-refractivity contribution in [3.8, 4) is 0 Å². The van der Waals surface area contributed by atoms with Crippen LogP contribution >= 0.6 is 0 Å². The van der Waals surface area contributed by atoms with E-state index in [0.29, 0.717) is 13.2 Å². The van der Waals surface area contributed by atoms with Crippen LogP contribution in [0.4, 0.5) is 0 Å². The van der Waals surface area contributed by atoms with Crippen LogP contribution in [0.15, 0.2) is 0 Å². The topological polar surface area (TPSA) is 68.2 Å². The molecular weight excluding hydrogens is 272 g/mol. The number of rotatable bonds is 12. The van der Waals surface area contributed by atoms with Crippen molar-refractivity contribution >= 4 is 0 Å². The fourth-order valence-corrected chi connectivity index (χ4v) is 2.82. The first-order chi connectivity index (χ1) is 9.75. The number of hydrogen-bond donors (Lipinski definition) is 2. The molecule has 0 amide bonds. The molecule has 2 N–H and O–H groups in total. The molecule has 0 rings (SSSR count). The Morgan fingerprint density at radius 2 is 1.10 bits per heavy atom. The van der Waals surface area contributed by atoms with Gasteiger partial charge in [0.2, 0.25) is 0 Å². The quantitative estimate of drug-likeness (QED) is 0.578. The average molecular weight is 306 g/mol. The van der Waals surface area contributed by atoms with Crippen molar-refractivity contribution in [2.45, 2.75) is 77.8 Å². The van der Waals surface area contributed by atoms with E-state index in [1.54, 1.807) is 0 Å². The second kappa shape index (κ2) is 9.74. The monoisotopic (exact) mass is 306 g/mol. The maximum Gasteiger partial charge on any atom is 0.0895 e. The molecule has 0 saturated heterocycles. The second-order valence-electron chi connectivity index (χ2n) is 6.29. The summed E-state index contributed by atoms with van der Waals surface area (Å²) >= 11 is 0. The van der Waals surface area contributed by atoms with Crippen LogP contribution in [0.5, 0.6) is 0 Å².